The minimum absolute atomic E-state index is 0.779. The molecule has 9 aromatic carbocycles. The summed E-state index contributed by atoms with van der Waals surface area (Å²) in [6, 6.07) is 73.4. The van der Waals surface area contributed by atoms with Crippen LogP contribution >= 0.6 is 0 Å². The Morgan fingerprint density at radius 1 is 0.394 bits per heavy atom. The number of methoxy groups -OCH3 is 2. The van der Waals surface area contributed by atoms with Crippen LogP contribution in [0.3, 0.4) is 0 Å². The summed E-state index contributed by atoms with van der Waals surface area (Å²) in [5.41, 5.74) is 18.8. The summed E-state index contributed by atoms with van der Waals surface area (Å²) >= 11 is 0. The number of hydrogen-bond acceptors (Lipinski definition) is 4. The van der Waals surface area contributed by atoms with Gasteiger partial charge in [-0.2, -0.15) is 0 Å². The molecule has 0 saturated carbocycles. The number of rotatable bonds is 8. The number of aromatic nitrogens is 1. The number of anilines is 6. The van der Waals surface area contributed by atoms with Gasteiger partial charge in [-0.05, 0) is 156 Å². The number of aryl methyl sites for hydroxylation is 2. The molecule has 0 radical (unpaired) electrons. The Morgan fingerprint density at radius 2 is 0.833 bits per heavy atom. The van der Waals surface area contributed by atoms with Gasteiger partial charge in [0.1, 0.15) is 11.5 Å². The summed E-state index contributed by atoms with van der Waals surface area (Å²) in [5.74, 6) is 1.61. The fourth-order valence-electron chi connectivity index (χ4n) is 10.7. The van der Waals surface area contributed by atoms with Gasteiger partial charge >= 0.3 is 0 Å². The van der Waals surface area contributed by atoms with Crippen LogP contribution in [0.15, 0.2) is 200 Å². The Kier molecular flexibility index (Phi) is 9.21. The Labute approximate surface area is 385 Å². The van der Waals surface area contributed by atoms with Crippen LogP contribution in [-0.4, -0.2) is 18.8 Å². The molecule has 0 unspecified atom stereocenters. The molecular formula is C61H47N3O2. The lowest BCUT2D eigenvalue weighted by Crippen LogP contribution is -2.36. The molecule has 66 heavy (non-hydrogen) atoms. The van der Waals surface area contributed by atoms with E-state index in [-0.39, 0.29) is 0 Å². The van der Waals surface area contributed by atoms with Crippen molar-refractivity contribution in [3.63, 3.8) is 0 Å². The maximum absolute atomic E-state index is 5.64. The van der Waals surface area contributed by atoms with E-state index < -0.39 is 5.41 Å². The maximum atomic E-state index is 5.64. The summed E-state index contributed by atoms with van der Waals surface area (Å²) in [6.07, 6.45) is 4.65. The normalized spacial score (nSPS) is 14.4. The highest BCUT2D eigenvalue weighted by molar-refractivity contribution is 6.12. The molecule has 1 aliphatic carbocycles. The second-order valence-electron chi connectivity index (χ2n) is 17.4. The standard InChI is InChI=1S/C61H47N3O2/c1-40-16-24-44(25-17-40)62(45-26-18-41(2)19-27-45)48-28-22-42-20-21-43-23-29-49(63(46-30-34-50(65-3)35-31-46)47-32-36-51(66-4)37-33-47)39-57(43)61(56(42)38-48)54-12-6-8-15-59(54)64-58-14-7-5-10-52(58)53-11-9-13-55(61)60(53)64/h5-39H,1-4H3/t61-/m0/s1. The molecule has 1 aromatic heterocycles. The van der Waals surface area contributed by atoms with Crippen molar-refractivity contribution in [1.29, 1.82) is 0 Å². The predicted molar refractivity (Wildman–Crippen MR) is 274 cm³/mol. The zero-order valence-corrected chi connectivity index (χ0v) is 37.4. The topological polar surface area (TPSA) is 29.9 Å². The van der Waals surface area contributed by atoms with E-state index in [2.05, 4.69) is 216 Å². The third kappa shape index (κ3) is 6.00. The molecule has 0 N–H and O–H groups in total. The number of para-hydroxylation sites is 3. The molecule has 318 valence electrons. The van der Waals surface area contributed by atoms with Crippen molar-refractivity contribution < 1.29 is 9.47 Å². The highest BCUT2D eigenvalue weighted by atomic mass is 16.5. The zero-order chi connectivity index (χ0) is 44.5. The fourth-order valence-corrected chi connectivity index (χ4v) is 10.7. The van der Waals surface area contributed by atoms with Crippen LogP contribution in [0.5, 0.6) is 11.5 Å². The summed E-state index contributed by atoms with van der Waals surface area (Å²) in [6.45, 7) is 4.30. The summed E-state index contributed by atoms with van der Waals surface area (Å²) in [5, 5.41) is 2.48. The van der Waals surface area contributed by atoms with Gasteiger partial charge in [-0.3, -0.25) is 0 Å². The number of ether oxygens (including phenoxy) is 2. The SMILES string of the molecule is COc1ccc(N(c2ccc(OC)cc2)c2ccc3c(c2)[C@@]2(c4cc(N(c5ccc(C)cc5)c5ccc(C)cc5)ccc4C=C3)c3ccccc3-n3c4ccccc4c4cccc2c43)cc1. The first-order valence-corrected chi connectivity index (χ1v) is 22.6. The summed E-state index contributed by atoms with van der Waals surface area (Å²) < 4.78 is 13.8. The first kappa shape index (κ1) is 39.3. The maximum Gasteiger partial charge on any atom is 0.119 e. The molecular weight excluding hydrogens is 807 g/mol. The molecule has 0 fully saturated rings. The van der Waals surface area contributed by atoms with Crippen LogP contribution in [0.2, 0.25) is 0 Å². The lowest BCUT2D eigenvalue weighted by molar-refractivity contribution is 0.415. The van der Waals surface area contributed by atoms with Crippen molar-refractivity contribution in [3.8, 4) is 17.2 Å². The Balaban J connectivity index is 1.20. The molecule has 1 atom stereocenters. The Bertz CT molecular complexity index is 3420. The summed E-state index contributed by atoms with van der Waals surface area (Å²) in [7, 11) is 3.42. The number of hydrogen-bond donors (Lipinski definition) is 0. The lowest BCUT2D eigenvalue weighted by Gasteiger charge is -2.43. The van der Waals surface area contributed by atoms with E-state index in [1.807, 2.05) is 24.3 Å². The lowest BCUT2D eigenvalue weighted by atomic mass is 9.61. The van der Waals surface area contributed by atoms with E-state index in [0.29, 0.717) is 0 Å². The number of benzene rings is 9. The minimum atomic E-state index is -0.779. The second kappa shape index (κ2) is 15.5. The monoisotopic (exact) mass is 853 g/mol. The van der Waals surface area contributed by atoms with E-state index in [4.69, 9.17) is 9.47 Å². The highest BCUT2D eigenvalue weighted by Crippen LogP contribution is 2.58. The molecule has 1 aliphatic heterocycles. The van der Waals surface area contributed by atoms with E-state index in [9.17, 15) is 0 Å². The zero-order valence-electron chi connectivity index (χ0n) is 37.4. The van der Waals surface area contributed by atoms with Crippen LogP contribution in [0, 0.1) is 13.8 Å². The molecule has 1 spiro atoms. The van der Waals surface area contributed by atoms with Crippen molar-refractivity contribution in [2.75, 3.05) is 24.0 Å². The fraction of sp³-hybridized carbons (Fsp3) is 0.0820. The number of fused-ring (bicyclic) bond motifs is 11. The number of nitrogens with zero attached hydrogens (tertiary/aromatic N) is 3. The van der Waals surface area contributed by atoms with Crippen LogP contribution in [0.1, 0.15) is 44.5 Å². The summed E-state index contributed by atoms with van der Waals surface area (Å²) in [4.78, 5) is 4.74. The van der Waals surface area contributed by atoms with Gasteiger partial charge in [-0.25, -0.2) is 0 Å². The van der Waals surface area contributed by atoms with Gasteiger partial charge in [0, 0.05) is 44.9 Å². The van der Waals surface area contributed by atoms with E-state index in [0.717, 1.165) is 51.2 Å². The Morgan fingerprint density at radius 3 is 1.36 bits per heavy atom. The van der Waals surface area contributed by atoms with Gasteiger partial charge in [0.15, 0.2) is 0 Å². The third-order valence-corrected chi connectivity index (χ3v) is 13.7. The quantitative estimate of drug-likeness (QED) is 0.152. The molecule has 0 saturated heterocycles. The largest absolute Gasteiger partial charge is 0.497 e. The minimum Gasteiger partial charge on any atom is -0.497 e. The van der Waals surface area contributed by atoms with Crippen molar-refractivity contribution in [2.24, 2.45) is 0 Å². The highest BCUT2D eigenvalue weighted by Gasteiger charge is 2.48. The van der Waals surface area contributed by atoms with E-state index >= 15 is 0 Å². The molecule has 12 rings (SSSR count). The molecule has 0 bridgehead atoms. The van der Waals surface area contributed by atoms with Gasteiger partial charge in [0.05, 0.1) is 36.4 Å². The van der Waals surface area contributed by atoms with Gasteiger partial charge < -0.3 is 23.8 Å². The van der Waals surface area contributed by atoms with E-state index in [1.165, 1.54) is 66.4 Å². The second-order valence-corrected chi connectivity index (χ2v) is 17.4. The van der Waals surface area contributed by atoms with Crippen LogP contribution < -0.4 is 19.3 Å². The molecule has 10 aromatic rings. The Hall–Kier alpha value is -8.28. The predicted octanol–water partition coefficient (Wildman–Crippen LogP) is 15.5. The van der Waals surface area contributed by atoms with Crippen LogP contribution in [0.25, 0.3) is 39.6 Å². The van der Waals surface area contributed by atoms with Crippen LogP contribution in [-0.2, 0) is 5.41 Å². The smallest absolute Gasteiger partial charge is 0.119 e. The van der Waals surface area contributed by atoms with Gasteiger partial charge in [-0.1, -0.05) is 114 Å². The van der Waals surface area contributed by atoms with Crippen molar-refractivity contribution in [3.05, 3.63) is 245 Å². The molecule has 2 aliphatic rings. The van der Waals surface area contributed by atoms with Gasteiger partial charge in [0.2, 0.25) is 0 Å². The third-order valence-electron chi connectivity index (χ3n) is 13.7. The van der Waals surface area contributed by atoms with Gasteiger partial charge in [-0.15, -0.1) is 0 Å². The van der Waals surface area contributed by atoms with Crippen molar-refractivity contribution >= 4 is 68.1 Å². The molecule has 5 heteroatoms. The molecule has 2 heterocycles. The average Bonchev–Trinajstić information content (AvgIpc) is 3.64. The first-order valence-electron chi connectivity index (χ1n) is 22.6. The van der Waals surface area contributed by atoms with Crippen molar-refractivity contribution in [1.82, 2.24) is 4.57 Å². The first-order chi connectivity index (χ1) is 32.4. The van der Waals surface area contributed by atoms with Crippen LogP contribution in [0.4, 0.5) is 34.1 Å². The average molecular weight is 854 g/mol. The molecule has 0 amide bonds. The van der Waals surface area contributed by atoms with Gasteiger partial charge in [0.25, 0.3) is 0 Å². The van der Waals surface area contributed by atoms with Crippen molar-refractivity contribution in [2.45, 2.75) is 19.3 Å². The molecule has 5 nitrogen and oxygen atoms in total. The van der Waals surface area contributed by atoms with E-state index in [1.54, 1.807) is 14.2 Å².